The summed E-state index contributed by atoms with van der Waals surface area (Å²) in [6.07, 6.45) is -0.839. The van der Waals surface area contributed by atoms with Gasteiger partial charge >= 0.3 is 11.9 Å². The number of carboxylic acid groups (broad SMARTS) is 2. The predicted octanol–water partition coefficient (Wildman–Crippen LogP) is -2.50. The minimum atomic E-state index is -1.70. The monoisotopic (exact) mass is 757 g/mol. The first-order valence-electron chi connectivity index (χ1n) is 16.7. The zero-order valence-corrected chi connectivity index (χ0v) is 29.6. The maximum absolute atomic E-state index is 13.8. The third-order valence-corrected chi connectivity index (χ3v) is 7.85. The highest BCUT2D eigenvalue weighted by Gasteiger charge is 2.32. The lowest BCUT2D eigenvalue weighted by Crippen LogP contribution is -2.59. The second-order valence-electron chi connectivity index (χ2n) is 12.4. The lowest BCUT2D eigenvalue weighted by Gasteiger charge is -2.26. The van der Waals surface area contributed by atoms with Crippen LogP contribution in [-0.2, 0) is 46.4 Å². The zero-order valence-electron chi connectivity index (χ0n) is 29.6. The smallest absolute Gasteiger partial charge is 0.325 e. The van der Waals surface area contributed by atoms with Crippen LogP contribution >= 0.6 is 0 Å². The van der Waals surface area contributed by atoms with Gasteiger partial charge in [0.2, 0.25) is 29.5 Å². The van der Waals surface area contributed by atoms with Gasteiger partial charge in [0.1, 0.15) is 41.7 Å². The molecule has 0 saturated heterocycles. The van der Waals surface area contributed by atoms with Gasteiger partial charge in [-0.05, 0) is 68.5 Å². The van der Waals surface area contributed by atoms with Crippen molar-refractivity contribution in [2.24, 2.45) is 11.5 Å². The van der Waals surface area contributed by atoms with E-state index in [4.69, 9.17) is 22.0 Å². The van der Waals surface area contributed by atoms with Crippen LogP contribution < -0.4 is 43.4 Å². The number of carbonyl (C=O) groups is 7. The number of guanidine groups is 1. The van der Waals surface area contributed by atoms with E-state index in [0.29, 0.717) is 11.1 Å². The standard InChI is InChI=1S/C34H47N9O11/c1-17(28(48)42-26(16-27(46)47)31(51)40-18(2)33(53)54)39-30(50)24(4-3-13-38-34(36)37)41-32(52)25(15-20-7-11-22(45)12-8-20)43-29(49)23(35)14-19-5-9-21(44)10-6-19/h5-12,17-18,23-26,44-45H,3-4,13-16,35H2,1-2H3,(H,39,50)(H,40,51)(H,41,52)(H,42,48)(H,43,49)(H,46,47)(H,53,54)(H4,36,37,38)/t17-,18-,23-,24-,25-,26-/m0/s1. The lowest BCUT2D eigenvalue weighted by molar-refractivity contribution is -0.143. The predicted molar refractivity (Wildman–Crippen MR) is 192 cm³/mol. The quantitative estimate of drug-likeness (QED) is 0.0356. The summed E-state index contributed by atoms with van der Waals surface area (Å²) in [5, 5.41) is 59.3. The molecule has 2 aromatic rings. The zero-order chi connectivity index (χ0) is 40.5. The van der Waals surface area contributed by atoms with E-state index in [2.05, 4.69) is 31.9 Å². The Morgan fingerprint density at radius 3 is 1.63 bits per heavy atom. The SMILES string of the molecule is C[C@H](NC(=O)[C@H](CC(=O)O)NC(=O)[C@H](C)NC(=O)[C@H](CCCNC(=N)N)NC(=O)[C@H](Cc1ccc(O)cc1)NC(=O)[C@@H](N)Cc1ccc(O)cc1)C(=O)O. The molecule has 0 saturated carbocycles. The van der Waals surface area contributed by atoms with Gasteiger partial charge < -0.3 is 63.8 Å². The Kier molecular flexibility index (Phi) is 17.1. The maximum Gasteiger partial charge on any atom is 0.325 e. The summed E-state index contributed by atoms with van der Waals surface area (Å²) in [5.41, 5.74) is 12.6. The number of hydrogen-bond acceptors (Lipinski definition) is 11. The summed E-state index contributed by atoms with van der Waals surface area (Å²) in [5.74, 6) is -7.76. The molecular weight excluding hydrogens is 710 g/mol. The number of carbonyl (C=O) groups excluding carboxylic acids is 5. The third-order valence-electron chi connectivity index (χ3n) is 7.85. The number of amides is 5. The number of nitrogens with one attached hydrogen (secondary N) is 7. The molecule has 0 radical (unpaired) electrons. The molecule has 20 nitrogen and oxygen atoms in total. The van der Waals surface area contributed by atoms with Crippen LogP contribution in [0.2, 0.25) is 0 Å². The number of rotatable bonds is 21. The van der Waals surface area contributed by atoms with Crippen LogP contribution in [0.25, 0.3) is 0 Å². The summed E-state index contributed by atoms with van der Waals surface area (Å²) in [7, 11) is 0. The molecule has 0 unspecified atom stereocenters. The largest absolute Gasteiger partial charge is 0.508 e. The van der Waals surface area contributed by atoms with Crippen molar-refractivity contribution in [3.8, 4) is 11.5 Å². The Labute approximate surface area is 309 Å². The Bertz CT molecular complexity index is 1660. The molecule has 0 aliphatic rings. The van der Waals surface area contributed by atoms with Gasteiger partial charge in [-0.1, -0.05) is 24.3 Å². The Hall–Kier alpha value is -6.44. The van der Waals surface area contributed by atoms with Crippen LogP contribution in [-0.4, -0.2) is 111 Å². The van der Waals surface area contributed by atoms with Crippen LogP contribution in [0, 0.1) is 5.41 Å². The lowest BCUT2D eigenvalue weighted by atomic mass is 10.0. The van der Waals surface area contributed by atoms with Crippen LogP contribution in [0.3, 0.4) is 0 Å². The molecule has 0 aromatic heterocycles. The van der Waals surface area contributed by atoms with Crippen molar-refractivity contribution in [2.45, 2.75) is 82.2 Å². The summed E-state index contributed by atoms with van der Waals surface area (Å²) >= 11 is 0. The highest BCUT2D eigenvalue weighted by Crippen LogP contribution is 2.14. The van der Waals surface area contributed by atoms with Crippen molar-refractivity contribution in [1.29, 1.82) is 5.41 Å². The summed E-state index contributed by atoms with van der Waals surface area (Å²) in [6, 6.07) is 3.54. The number of nitrogens with two attached hydrogens (primary N) is 2. The van der Waals surface area contributed by atoms with Gasteiger partial charge in [-0.15, -0.1) is 0 Å². The van der Waals surface area contributed by atoms with Crippen molar-refractivity contribution < 1.29 is 54.0 Å². The van der Waals surface area contributed by atoms with Gasteiger partial charge in [0.25, 0.3) is 0 Å². The number of phenolic OH excluding ortho intramolecular Hbond substituents is 2. The van der Waals surface area contributed by atoms with E-state index in [-0.39, 0.29) is 49.7 Å². The number of hydrogen-bond donors (Lipinski definition) is 13. The molecule has 6 atom stereocenters. The number of benzene rings is 2. The molecular formula is C34H47N9O11. The van der Waals surface area contributed by atoms with Crippen LogP contribution in [0.1, 0.15) is 44.2 Å². The maximum atomic E-state index is 13.8. The van der Waals surface area contributed by atoms with E-state index >= 15 is 0 Å². The van der Waals surface area contributed by atoms with Crippen molar-refractivity contribution in [3.05, 3.63) is 59.7 Å². The molecule has 2 rings (SSSR count). The van der Waals surface area contributed by atoms with E-state index in [9.17, 15) is 48.9 Å². The Balaban J connectivity index is 2.27. The van der Waals surface area contributed by atoms with Gasteiger partial charge in [0, 0.05) is 13.0 Å². The first-order valence-corrected chi connectivity index (χ1v) is 16.7. The number of aliphatic carboxylic acids is 2. The average molecular weight is 758 g/mol. The molecule has 5 amide bonds. The summed E-state index contributed by atoms with van der Waals surface area (Å²) < 4.78 is 0. The molecule has 0 spiro atoms. The third kappa shape index (κ3) is 15.4. The van der Waals surface area contributed by atoms with Gasteiger partial charge in [-0.2, -0.15) is 0 Å². The minimum Gasteiger partial charge on any atom is -0.508 e. The van der Waals surface area contributed by atoms with Crippen molar-refractivity contribution in [2.75, 3.05) is 6.54 Å². The topological polar surface area (TPSA) is 348 Å². The number of carboxylic acids is 2. The fraction of sp³-hybridized carbons (Fsp3) is 0.412. The molecule has 0 aliphatic carbocycles. The molecule has 294 valence electrons. The molecule has 54 heavy (non-hydrogen) atoms. The number of aromatic hydroxyl groups is 2. The van der Waals surface area contributed by atoms with Crippen molar-refractivity contribution in [1.82, 2.24) is 31.9 Å². The van der Waals surface area contributed by atoms with Crippen molar-refractivity contribution >= 4 is 47.4 Å². The number of phenols is 2. The normalized spacial score (nSPS) is 14.1. The van der Waals surface area contributed by atoms with E-state index in [1.165, 1.54) is 43.3 Å². The first-order chi connectivity index (χ1) is 25.4. The van der Waals surface area contributed by atoms with E-state index in [0.717, 1.165) is 6.92 Å². The highest BCUT2D eigenvalue weighted by atomic mass is 16.4. The van der Waals surface area contributed by atoms with Gasteiger partial charge in [0.05, 0.1) is 12.5 Å². The van der Waals surface area contributed by atoms with Gasteiger partial charge in [-0.25, -0.2) is 0 Å². The summed E-state index contributed by atoms with van der Waals surface area (Å²) in [6.45, 7) is 2.48. The van der Waals surface area contributed by atoms with Crippen LogP contribution in [0.4, 0.5) is 0 Å². The van der Waals surface area contributed by atoms with Gasteiger partial charge in [0.15, 0.2) is 5.96 Å². The molecule has 15 N–H and O–H groups in total. The summed E-state index contributed by atoms with van der Waals surface area (Å²) in [4.78, 5) is 88.6. The van der Waals surface area contributed by atoms with Crippen LogP contribution in [0.5, 0.6) is 11.5 Å². The van der Waals surface area contributed by atoms with E-state index < -0.39 is 84.1 Å². The molecule has 0 bridgehead atoms. The molecule has 0 aliphatic heterocycles. The minimum absolute atomic E-state index is 0.0190. The van der Waals surface area contributed by atoms with Gasteiger partial charge in [-0.3, -0.25) is 39.0 Å². The second kappa shape index (κ2) is 21.2. The van der Waals surface area contributed by atoms with E-state index in [1.54, 1.807) is 12.1 Å². The second-order valence-corrected chi connectivity index (χ2v) is 12.4. The first kappa shape index (κ1) is 43.7. The Morgan fingerprint density at radius 2 is 1.11 bits per heavy atom. The highest BCUT2D eigenvalue weighted by molar-refractivity contribution is 5.97. The average Bonchev–Trinajstić information content (AvgIpc) is 3.10. The Morgan fingerprint density at radius 1 is 0.648 bits per heavy atom. The van der Waals surface area contributed by atoms with E-state index in [1.807, 2.05) is 0 Å². The fourth-order valence-corrected chi connectivity index (χ4v) is 4.84. The molecule has 0 heterocycles. The molecule has 0 fully saturated rings. The molecule has 20 heteroatoms. The van der Waals surface area contributed by atoms with Crippen LogP contribution in [0.15, 0.2) is 48.5 Å². The molecule has 2 aromatic carbocycles. The van der Waals surface area contributed by atoms with Crippen molar-refractivity contribution in [3.63, 3.8) is 0 Å². The fourth-order valence-electron chi connectivity index (χ4n) is 4.84.